The van der Waals surface area contributed by atoms with Crippen LogP contribution in [0.4, 0.5) is 0 Å². The van der Waals surface area contributed by atoms with E-state index in [2.05, 4.69) is 17.1 Å². The van der Waals surface area contributed by atoms with E-state index in [-0.39, 0.29) is 11.7 Å². The van der Waals surface area contributed by atoms with Gasteiger partial charge in [-0.15, -0.1) is 0 Å². The summed E-state index contributed by atoms with van der Waals surface area (Å²) in [5.74, 6) is 1.21. The van der Waals surface area contributed by atoms with Gasteiger partial charge in [0.05, 0.1) is 26.4 Å². The van der Waals surface area contributed by atoms with Crippen LogP contribution in [-0.2, 0) is 4.74 Å². The molecule has 3 aromatic rings. The van der Waals surface area contributed by atoms with E-state index in [9.17, 15) is 9.90 Å². The number of phenolic OH excluding ortho intramolecular Hbond substituents is 1. The SMILES string of the molecule is CCCCOc1ccc([C@H]2c3c(-c4cc(C)ccc4O)n[nH]c3C(=O)N2CCOC)cc1OC. The number of aromatic nitrogens is 2. The Bertz CT molecular complexity index is 1170. The number of methoxy groups -OCH3 is 2. The Morgan fingerprint density at radius 1 is 1.12 bits per heavy atom. The van der Waals surface area contributed by atoms with Crippen LogP contribution in [0.5, 0.6) is 17.2 Å². The van der Waals surface area contributed by atoms with Crippen molar-refractivity contribution in [2.24, 2.45) is 0 Å². The molecule has 0 saturated heterocycles. The van der Waals surface area contributed by atoms with Gasteiger partial charge in [0.15, 0.2) is 11.5 Å². The van der Waals surface area contributed by atoms with Crippen molar-refractivity contribution in [1.29, 1.82) is 0 Å². The summed E-state index contributed by atoms with van der Waals surface area (Å²) in [5, 5.41) is 17.9. The second kappa shape index (κ2) is 10.2. The van der Waals surface area contributed by atoms with Crippen LogP contribution in [0, 0.1) is 6.92 Å². The molecule has 8 heteroatoms. The number of rotatable bonds is 10. The number of nitrogens with one attached hydrogen (secondary N) is 1. The fraction of sp³-hybridized carbons (Fsp3) is 0.385. The Morgan fingerprint density at radius 3 is 2.68 bits per heavy atom. The molecule has 0 saturated carbocycles. The first-order valence-electron chi connectivity index (χ1n) is 11.5. The predicted molar refractivity (Wildman–Crippen MR) is 129 cm³/mol. The summed E-state index contributed by atoms with van der Waals surface area (Å²) in [7, 11) is 3.21. The number of carbonyl (C=O) groups is 1. The molecule has 0 spiro atoms. The van der Waals surface area contributed by atoms with Gasteiger partial charge in [0.1, 0.15) is 17.1 Å². The number of H-pyrrole nitrogens is 1. The van der Waals surface area contributed by atoms with Crippen molar-refractivity contribution in [2.45, 2.75) is 32.7 Å². The monoisotopic (exact) mass is 465 g/mol. The van der Waals surface area contributed by atoms with Gasteiger partial charge in [0.2, 0.25) is 0 Å². The first kappa shape index (κ1) is 23.6. The lowest BCUT2D eigenvalue weighted by atomic mass is 9.95. The number of nitrogens with zero attached hydrogens (tertiary/aromatic N) is 2. The van der Waals surface area contributed by atoms with Gasteiger partial charge in [-0.05, 0) is 43.2 Å². The standard InChI is InChI=1S/C26H31N3O5/c1-5-6-12-34-20-10-8-17(15-21(20)33-4)25-22-23(18-14-16(2)7-9-19(18)30)27-28-24(22)26(31)29(25)11-13-32-3/h7-10,14-15,25,30H,5-6,11-13H2,1-4H3,(H,27,28)/t25-/m0/s1. The minimum Gasteiger partial charge on any atom is -0.507 e. The molecule has 1 amide bonds. The number of amides is 1. The highest BCUT2D eigenvalue weighted by Crippen LogP contribution is 2.45. The number of aryl methyl sites for hydroxylation is 1. The number of hydrogen-bond donors (Lipinski definition) is 2. The minimum atomic E-state index is -0.426. The number of unbranched alkanes of at least 4 members (excludes halogenated alkanes) is 1. The average Bonchev–Trinajstić information content (AvgIpc) is 3.38. The van der Waals surface area contributed by atoms with Gasteiger partial charge in [-0.2, -0.15) is 5.10 Å². The summed E-state index contributed by atoms with van der Waals surface area (Å²) in [6.07, 6.45) is 1.99. The third kappa shape index (κ3) is 4.33. The van der Waals surface area contributed by atoms with Crippen LogP contribution >= 0.6 is 0 Å². The van der Waals surface area contributed by atoms with Crippen molar-refractivity contribution in [3.8, 4) is 28.5 Å². The topological polar surface area (TPSA) is 96.9 Å². The second-order valence-corrected chi connectivity index (χ2v) is 8.39. The lowest BCUT2D eigenvalue weighted by Crippen LogP contribution is -2.32. The Kier molecular flexibility index (Phi) is 7.07. The van der Waals surface area contributed by atoms with Gasteiger partial charge in [-0.25, -0.2) is 0 Å². The molecule has 2 N–H and O–H groups in total. The quantitative estimate of drug-likeness (QED) is 0.429. The summed E-state index contributed by atoms with van der Waals surface area (Å²) in [5.41, 5.74) is 4.12. The predicted octanol–water partition coefficient (Wildman–Crippen LogP) is 4.47. The van der Waals surface area contributed by atoms with Gasteiger partial charge in [-0.3, -0.25) is 9.89 Å². The number of fused-ring (bicyclic) bond motifs is 1. The van der Waals surface area contributed by atoms with E-state index in [4.69, 9.17) is 14.2 Å². The average molecular weight is 466 g/mol. The molecule has 0 bridgehead atoms. The van der Waals surface area contributed by atoms with Crippen molar-refractivity contribution < 1.29 is 24.1 Å². The Balaban J connectivity index is 1.82. The fourth-order valence-electron chi connectivity index (χ4n) is 4.31. The van der Waals surface area contributed by atoms with Crippen molar-refractivity contribution in [3.63, 3.8) is 0 Å². The largest absolute Gasteiger partial charge is 0.507 e. The van der Waals surface area contributed by atoms with Crippen molar-refractivity contribution in [2.75, 3.05) is 34.0 Å². The van der Waals surface area contributed by atoms with Crippen molar-refractivity contribution in [3.05, 3.63) is 58.8 Å². The summed E-state index contributed by atoms with van der Waals surface area (Å²) in [6, 6.07) is 10.7. The molecule has 4 rings (SSSR count). The van der Waals surface area contributed by atoms with E-state index in [1.807, 2.05) is 37.3 Å². The number of carbonyl (C=O) groups excluding carboxylic acids is 1. The molecule has 1 atom stereocenters. The smallest absolute Gasteiger partial charge is 0.273 e. The lowest BCUT2D eigenvalue weighted by Gasteiger charge is -2.27. The van der Waals surface area contributed by atoms with E-state index in [0.717, 1.165) is 29.5 Å². The third-order valence-electron chi connectivity index (χ3n) is 6.07. The van der Waals surface area contributed by atoms with E-state index >= 15 is 0 Å². The normalized spacial score (nSPS) is 15.0. The zero-order valence-electron chi connectivity index (χ0n) is 20.1. The number of hydrogen-bond acceptors (Lipinski definition) is 6. The Hall–Kier alpha value is -3.52. The lowest BCUT2D eigenvalue weighted by molar-refractivity contribution is 0.0677. The molecule has 180 valence electrons. The molecule has 2 heterocycles. The Labute approximate surface area is 199 Å². The summed E-state index contributed by atoms with van der Waals surface area (Å²) < 4.78 is 16.8. The molecule has 1 aliphatic heterocycles. The fourth-order valence-corrected chi connectivity index (χ4v) is 4.31. The van der Waals surface area contributed by atoms with E-state index < -0.39 is 6.04 Å². The molecule has 0 fully saturated rings. The van der Waals surface area contributed by atoms with E-state index in [0.29, 0.717) is 48.2 Å². The molecule has 1 aromatic heterocycles. The third-order valence-corrected chi connectivity index (χ3v) is 6.07. The maximum absolute atomic E-state index is 13.4. The maximum Gasteiger partial charge on any atom is 0.273 e. The number of ether oxygens (including phenoxy) is 3. The molecule has 34 heavy (non-hydrogen) atoms. The van der Waals surface area contributed by atoms with Crippen LogP contribution in [0.3, 0.4) is 0 Å². The molecule has 0 radical (unpaired) electrons. The van der Waals surface area contributed by atoms with Crippen LogP contribution in [0.25, 0.3) is 11.3 Å². The van der Waals surface area contributed by atoms with Gasteiger partial charge in [-0.1, -0.05) is 31.0 Å². The molecule has 1 aliphatic rings. The minimum absolute atomic E-state index is 0.110. The molecule has 0 unspecified atom stereocenters. The highest BCUT2D eigenvalue weighted by molar-refractivity contribution is 6.00. The van der Waals surface area contributed by atoms with E-state index in [1.165, 1.54) is 0 Å². The van der Waals surface area contributed by atoms with Crippen molar-refractivity contribution in [1.82, 2.24) is 15.1 Å². The summed E-state index contributed by atoms with van der Waals surface area (Å²) in [6.45, 7) is 5.46. The van der Waals surface area contributed by atoms with Gasteiger partial charge in [0, 0.05) is 24.8 Å². The van der Waals surface area contributed by atoms with Crippen LogP contribution < -0.4 is 9.47 Å². The second-order valence-electron chi connectivity index (χ2n) is 8.39. The zero-order chi connectivity index (χ0) is 24.2. The summed E-state index contributed by atoms with van der Waals surface area (Å²) >= 11 is 0. The first-order chi connectivity index (χ1) is 16.5. The zero-order valence-corrected chi connectivity index (χ0v) is 20.1. The molecule has 2 aromatic carbocycles. The first-order valence-corrected chi connectivity index (χ1v) is 11.5. The molecule has 8 nitrogen and oxygen atoms in total. The van der Waals surface area contributed by atoms with E-state index in [1.54, 1.807) is 25.2 Å². The van der Waals surface area contributed by atoms with Crippen LogP contribution in [0.2, 0.25) is 0 Å². The van der Waals surface area contributed by atoms with Crippen molar-refractivity contribution >= 4 is 5.91 Å². The molecular formula is C26H31N3O5. The van der Waals surface area contributed by atoms with Gasteiger partial charge >= 0.3 is 0 Å². The Morgan fingerprint density at radius 2 is 1.94 bits per heavy atom. The number of phenols is 1. The van der Waals surface area contributed by atoms with Crippen LogP contribution in [0.1, 0.15) is 53.0 Å². The molecule has 0 aliphatic carbocycles. The number of benzene rings is 2. The molecular weight excluding hydrogens is 434 g/mol. The maximum atomic E-state index is 13.4. The van der Waals surface area contributed by atoms with Crippen LogP contribution in [-0.4, -0.2) is 60.1 Å². The number of aromatic hydroxyl groups is 1. The highest BCUT2D eigenvalue weighted by Gasteiger charge is 2.42. The van der Waals surface area contributed by atoms with Gasteiger partial charge < -0.3 is 24.2 Å². The number of aromatic amines is 1. The van der Waals surface area contributed by atoms with Crippen LogP contribution in [0.15, 0.2) is 36.4 Å². The summed E-state index contributed by atoms with van der Waals surface area (Å²) in [4.78, 5) is 15.1. The highest BCUT2D eigenvalue weighted by atomic mass is 16.5. The van der Waals surface area contributed by atoms with Gasteiger partial charge in [0.25, 0.3) is 5.91 Å².